The fourth-order valence-corrected chi connectivity index (χ4v) is 4.94. The second-order valence-corrected chi connectivity index (χ2v) is 11.3. The minimum atomic E-state index is -3.76. The number of sulfonamides is 1. The summed E-state index contributed by atoms with van der Waals surface area (Å²) in [5, 5.41) is 6.33. The van der Waals surface area contributed by atoms with Gasteiger partial charge in [0.2, 0.25) is 10.0 Å². The Balaban J connectivity index is 1.78. The number of ether oxygens (including phenoxy) is 2. The van der Waals surface area contributed by atoms with E-state index in [-0.39, 0.29) is 17.0 Å². The summed E-state index contributed by atoms with van der Waals surface area (Å²) >= 11 is 0. The summed E-state index contributed by atoms with van der Waals surface area (Å²) in [5.41, 5.74) is 3.58. The summed E-state index contributed by atoms with van der Waals surface area (Å²) in [7, 11) is -2.11. The van der Waals surface area contributed by atoms with Gasteiger partial charge in [-0.2, -0.15) is 0 Å². The summed E-state index contributed by atoms with van der Waals surface area (Å²) in [6.07, 6.45) is 0.354. The van der Waals surface area contributed by atoms with Crippen molar-refractivity contribution in [3.8, 4) is 5.75 Å². The largest absolute Gasteiger partial charge is 0.497 e. The third kappa shape index (κ3) is 4.76. The van der Waals surface area contributed by atoms with E-state index in [1.165, 1.54) is 17.7 Å². The van der Waals surface area contributed by atoms with E-state index in [1.54, 1.807) is 24.1 Å². The lowest BCUT2D eigenvalue weighted by atomic mass is 9.98. The molecule has 1 atom stereocenters. The molecule has 9 heteroatoms. The van der Waals surface area contributed by atoms with Gasteiger partial charge in [-0.3, -0.25) is 4.90 Å². The maximum atomic E-state index is 13.0. The number of nitrogens with zero attached hydrogens (tertiary/aromatic N) is 2. The van der Waals surface area contributed by atoms with Crippen molar-refractivity contribution in [1.82, 2.24) is 9.47 Å². The Morgan fingerprint density at radius 3 is 2.41 bits per heavy atom. The van der Waals surface area contributed by atoms with Crippen molar-refractivity contribution < 1.29 is 22.7 Å². The zero-order chi connectivity index (χ0) is 24.8. The lowest BCUT2D eigenvalue weighted by molar-refractivity contribution is 0.0133. The third-order valence-electron chi connectivity index (χ3n) is 6.07. The summed E-state index contributed by atoms with van der Waals surface area (Å²) in [5.74, 6) is 0.771. The Bertz CT molecular complexity index is 1340. The Kier molecular flexibility index (Phi) is 6.12. The molecule has 2 heterocycles. The number of benzene rings is 2. The number of aromatic nitrogens is 1. The SMILES string of the molecule is COc1ccc2c(c1)c1c(n2Cc2ccc(S(N)(=O)=O)cc2)CN(C(=O)OC(C)(C)C)C(C)C1. The normalized spacial score (nSPS) is 16.4. The molecule has 34 heavy (non-hydrogen) atoms. The van der Waals surface area contributed by atoms with Crippen LogP contribution in [0.1, 0.15) is 44.5 Å². The van der Waals surface area contributed by atoms with Crippen LogP contribution in [-0.2, 0) is 34.3 Å². The van der Waals surface area contributed by atoms with Crippen LogP contribution in [0.3, 0.4) is 0 Å². The highest BCUT2D eigenvalue weighted by molar-refractivity contribution is 7.89. The first kappa shape index (κ1) is 24.1. The van der Waals surface area contributed by atoms with Crippen LogP contribution in [0.15, 0.2) is 47.4 Å². The lowest BCUT2D eigenvalue weighted by Gasteiger charge is -2.35. The number of hydrogen-bond donors (Lipinski definition) is 1. The third-order valence-corrected chi connectivity index (χ3v) is 7.00. The Hall–Kier alpha value is -3.04. The maximum absolute atomic E-state index is 13.0. The van der Waals surface area contributed by atoms with E-state index in [0.717, 1.165) is 27.9 Å². The van der Waals surface area contributed by atoms with E-state index < -0.39 is 15.6 Å². The minimum Gasteiger partial charge on any atom is -0.497 e. The first-order valence-electron chi connectivity index (χ1n) is 11.2. The predicted molar refractivity (Wildman–Crippen MR) is 130 cm³/mol. The first-order chi connectivity index (χ1) is 15.9. The highest BCUT2D eigenvalue weighted by atomic mass is 32.2. The van der Waals surface area contributed by atoms with Crippen LogP contribution in [0.25, 0.3) is 10.9 Å². The van der Waals surface area contributed by atoms with Gasteiger partial charge in [-0.25, -0.2) is 18.4 Å². The van der Waals surface area contributed by atoms with Crippen LogP contribution in [0, 0.1) is 0 Å². The summed E-state index contributed by atoms with van der Waals surface area (Å²) in [6.45, 7) is 8.54. The highest BCUT2D eigenvalue weighted by Crippen LogP contribution is 2.36. The molecule has 0 saturated heterocycles. The Labute approximate surface area is 200 Å². The van der Waals surface area contributed by atoms with Crippen molar-refractivity contribution in [3.05, 3.63) is 59.3 Å². The molecule has 8 nitrogen and oxygen atoms in total. The lowest BCUT2D eigenvalue weighted by Crippen LogP contribution is -2.45. The standard InChI is InChI=1S/C25H31N3O5S/c1-16-12-20-21-13-18(32-5)8-11-22(21)28(14-17-6-9-19(10-7-17)34(26,30)31)23(20)15-27(16)24(29)33-25(2,3)4/h6-11,13,16H,12,14-15H2,1-5H3,(H2,26,30,31). The van der Waals surface area contributed by atoms with Crippen molar-refractivity contribution in [2.45, 2.75) is 63.7 Å². The van der Waals surface area contributed by atoms with Gasteiger partial charge in [-0.1, -0.05) is 12.1 Å². The van der Waals surface area contributed by atoms with Crippen molar-refractivity contribution in [2.75, 3.05) is 7.11 Å². The predicted octanol–water partition coefficient (Wildman–Crippen LogP) is 4.03. The molecular weight excluding hydrogens is 454 g/mol. The number of primary sulfonamides is 1. The zero-order valence-electron chi connectivity index (χ0n) is 20.2. The molecule has 0 spiro atoms. The summed E-state index contributed by atoms with van der Waals surface area (Å²) in [6, 6.07) is 12.5. The fraction of sp³-hybridized carbons (Fsp3) is 0.400. The van der Waals surface area contributed by atoms with E-state index in [2.05, 4.69) is 4.57 Å². The number of carbonyl (C=O) groups excluding carboxylic acids is 1. The van der Waals surface area contributed by atoms with Crippen molar-refractivity contribution in [3.63, 3.8) is 0 Å². The average Bonchev–Trinajstić information content (AvgIpc) is 3.03. The van der Waals surface area contributed by atoms with E-state index in [4.69, 9.17) is 14.6 Å². The molecule has 0 bridgehead atoms. The number of nitrogens with two attached hydrogens (primary N) is 1. The molecule has 182 valence electrons. The fourth-order valence-electron chi connectivity index (χ4n) is 4.43. The molecular formula is C25H31N3O5S. The smallest absolute Gasteiger partial charge is 0.410 e. The number of carbonyl (C=O) groups is 1. The van der Waals surface area contributed by atoms with Crippen LogP contribution >= 0.6 is 0 Å². The molecule has 2 N–H and O–H groups in total. The molecule has 0 fully saturated rings. The molecule has 1 aliphatic heterocycles. The van der Waals surface area contributed by atoms with Crippen LogP contribution < -0.4 is 9.88 Å². The molecule has 0 saturated carbocycles. The molecule has 0 radical (unpaired) electrons. The maximum Gasteiger partial charge on any atom is 0.410 e. The van der Waals surface area contributed by atoms with Gasteiger partial charge < -0.3 is 14.0 Å². The van der Waals surface area contributed by atoms with Gasteiger partial charge in [-0.15, -0.1) is 0 Å². The summed E-state index contributed by atoms with van der Waals surface area (Å²) < 4.78 is 36.6. The van der Waals surface area contributed by atoms with Gasteiger partial charge in [0.1, 0.15) is 11.4 Å². The molecule has 2 aromatic carbocycles. The quantitative estimate of drug-likeness (QED) is 0.601. The molecule has 0 aliphatic carbocycles. The van der Waals surface area contributed by atoms with E-state index in [1.807, 2.05) is 45.9 Å². The van der Waals surface area contributed by atoms with Crippen molar-refractivity contribution >= 4 is 27.0 Å². The monoisotopic (exact) mass is 485 g/mol. The molecule has 3 aromatic rings. The molecule has 1 amide bonds. The van der Waals surface area contributed by atoms with Crippen LogP contribution in [0.4, 0.5) is 4.79 Å². The molecule has 1 aromatic heterocycles. The Morgan fingerprint density at radius 1 is 1.15 bits per heavy atom. The van der Waals surface area contributed by atoms with E-state index in [0.29, 0.717) is 19.5 Å². The van der Waals surface area contributed by atoms with Gasteiger partial charge >= 0.3 is 6.09 Å². The van der Waals surface area contributed by atoms with Crippen LogP contribution in [-0.4, -0.2) is 42.7 Å². The van der Waals surface area contributed by atoms with Crippen LogP contribution in [0.2, 0.25) is 0 Å². The minimum absolute atomic E-state index is 0.0263. The molecule has 1 aliphatic rings. The van der Waals surface area contributed by atoms with Gasteiger partial charge in [0, 0.05) is 29.2 Å². The van der Waals surface area contributed by atoms with E-state index >= 15 is 0 Å². The first-order valence-corrected chi connectivity index (χ1v) is 12.7. The van der Waals surface area contributed by atoms with E-state index in [9.17, 15) is 13.2 Å². The van der Waals surface area contributed by atoms with Crippen molar-refractivity contribution in [1.29, 1.82) is 0 Å². The number of methoxy groups -OCH3 is 1. The summed E-state index contributed by atoms with van der Waals surface area (Å²) in [4.78, 5) is 14.8. The number of rotatable bonds is 4. The van der Waals surface area contributed by atoms with Crippen LogP contribution in [0.5, 0.6) is 5.75 Å². The van der Waals surface area contributed by atoms with Gasteiger partial charge in [0.25, 0.3) is 0 Å². The number of fused-ring (bicyclic) bond motifs is 3. The van der Waals surface area contributed by atoms with Crippen molar-refractivity contribution in [2.24, 2.45) is 5.14 Å². The Morgan fingerprint density at radius 2 is 1.82 bits per heavy atom. The van der Waals surface area contributed by atoms with Gasteiger partial charge in [-0.05, 0) is 75.6 Å². The second-order valence-electron chi connectivity index (χ2n) is 9.74. The molecule has 1 unspecified atom stereocenters. The molecule has 4 rings (SSSR count). The zero-order valence-corrected chi connectivity index (χ0v) is 21.0. The topological polar surface area (TPSA) is 104 Å². The second kappa shape index (κ2) is 8.63. The number of amides is 1. The highest BCUT2D eigenvalue weighted by Gasteiger charge is 2.34. The average molecular weight is 486 g/mol. The van der Waals surface area contributed by atoms with Gasteiger partial charge in [0.15, 0.2) is 0 Å². The van der Waals surface area contributed by atoms with Gasteiger partial charge in [0.05, 0.1) is 18.6 Å². The number of hydrogen-bond acceptors (Lipinski definition) is 5.